The molecular weight excluding hydrogens is 245 g/mol. The molecule has 0 spiro atoms. The number of nitrogen functional groups attached to an aromatic ring is 1. The van der Waals surface area contributed by atoms with Gasteiger partial charge in [0.2, 0.25) is 5.91 Å². The lowest BCUT2D eigenvalue weighted by Gasteiger charge is -2.21. The van der Waals surface area contributed by atoms with Crippen LogP contribution in [0.15, 0.2) is 12.1 Å². The first-order valence-electron chi connectivity index (χ1n) is 5.13. The van der Waals surface area contributed by atoms with Crippen LogP contribution in [-0.2, 0) is 4.79 Å². The molecule has 0 heterocycles. The number of nitrogens with two attached hydrogens (primary N) is 2. The fourth-order valence-electron chi connectivity index (χ4n) is 1.42. The first kappa shape index (κ1) is 13.6. The third kappa shape index (κ3) is 3.23. The van der Waals surface area contributed by atoms with Crippen LogP contribution in [0.1, 0.15) is 13.8 Å². The number of carbonyl (C=O) groups excluding carboxylic acids is 1. The van der Waals surface area contributed by atoms with Crippen LogP contribution in [0.25, 0.3) is 0 Å². The van der Waals surface area contributed by atoms with E-state index < -0.39 is 17.8 Å². The van der Waals surface area contributed by atoms with Gasteiger partial charge in [0, 0.05) is 6.07 Å². The van der Waals surface area contributed by atoms with Crippen LogP contribution >= 0.6 is 11.6 Å². The Morgan fingerprint density at radius 1 is 1.47 bits per heavy atom. The fraction of sp³-hybridized carbons (Fsp3) is 0.364. The molecule has 94 valence electrons. The van der Waals surface area contributed by atoms with Crippen molar-refractivity contribution >= 4 is 28.9 Å². The number of benzene rings is 1. The van der Waals surface area contributed by atoms with E-state index in [1.165, 1.54) is 6.07 Å². The Labute approximate surface area is 104 Å². The molecule has 0 aliphatic heterocycles. The summed E-state index contributed by atoms with van der Waals surface area (Å²) in [5.74, 6) is -1.12. The SMILES string of the molecule is CC(C)C(Nc1cc(Cl)c(F)cc1N)C(N)=O. The van der Waals surface area contributed by atoms with Gasteiger partial charge in [-0.1, -0.05) is 25.4 Å². The summed E-state index contributed by atoms with van der Waals surface area (Å²) in [5.41, 5.74) is 11.5. The molecule has 1 amide bonds. The molecule has 17 heavy (non-hydrogen) atoms. The van der Waals surface area contributed by atoms with Crippen LogP contribution in [0.5, 0.6) is 0 Å². The second-order valence-electron chi connectivity index (χ2n) is 4.12. The van der Waals surface area contributed by atoms with E-state index in [-0.39, 0.29) is 16.6 Å². The van der Waals surface area contributed by atoms with E-state index in [9.17, 15) is 9.18 Å². The maximum absolute atomic E-state index is 13.1. The van der Waals surface area contributed by atoms with E-state index in [0.29, 0.717) is 5.69 Å². The lowest BCUT2D eigenvalue weighted by Crippen LogP contribution is -2.39. The van der Waals surface area contributed by atoms with Crippen LogP contribution in [0.3, 0.4) is 0 Å². The van der Waals surface area contributed by atoms with E-state index in [1.54, 1.807) is 0 Å². The summed E-state index contributed by atoms with van der Waals surface area (Å²) in [6.45, 7) is 3.67. The van der Waals surface area contributed by atoms with Gasteiger partial charge < -0.3 is 16.8 Å². The molecule has 4 nitrogen and oxygen atoms in total. The number of nitrogens with one attached hydrogen (secondary N) is 1. The highest BCUT2D eigenvalue weighted by Gasteiger charge is 2.20. The summed E-state index contributed by atoms with van der Waals surface area (Å²) in [6, 6.07) is 1.85. The van der Waals surface area contributed by atoms with Gasteiger partial charge in [-0.15, -0.1) is 0 Å². The Morgan fingerprint density at radius 3 is 2.53 bits per heavy atom. The van der Waals surface area contributed by atoms with Crippen molar-refractivity contribution in [3.05, 3.63) is 23.0 Å². The van der Waals surface area contributed by atoms with Crippen LogP contribution in [0, 0.1) is 11.7 Å². The number of halogens is 2. The quantitative estimate of drug-likeness (QED) is 0.723. The molecule has 1 atom stereocenters. The van der Waals surface area contributed by atoms with Gasteiger partial charge in [-0.3, -0.25) is 4.79 Å². The topological polar surface area (TPSA) is 81.1 Å². The Balaban J connectivity index is 3.01. The first-order valence-corrected chi connectivity index (χ1v) is 5.51. The van der Waals surface area contributed by atoms with Gasteiger partial charge in [0.25, 0.3) is 0 Å². The molecule has 1 rings (SSSR count). The summed E-state index contributed by atoms with van der Waals surface area (Å²) in [6.07, 6.45) is 0. The van der Waals surface area contributed by atoms with Crippen LogP contribution in [0.2, 0.25) is 5.02 Å². The van der Waals surface area contributed by atoms with Crippen molar-refractivity contribution in [2.45, 2.75) is 19.9 Å². The van der Waals surface area contributed by atoms with E-state index >= 15 is 0 Å². The van der Waals surface area contributed by atoms with Crippen molar-refractivity contribution in [1.82, 2.24) is 0 Å². The first-order chi connectivity index (χ1) is 7.82. The molecular formula is C11H15ClFN3O. The number of rotatable bonds is 4. The van der Waals surface area contributed by atoms with Crippen molar-refractivity contribution in [3.63, 3.8) is 0 Å². The third-order valence-corrected chi connectivity index (χ3v) is 2.67. The van der Waals surface area contributed by atoms with Gasteiger partial charge in [-0.2, -0.15) is 0 Å². The maximum atomic E-state index is 13.1. The molecule has 0 aliphatic rings. The number of carbonyl (C=O) groups is 1. The molecule has 0 fully saturated rings. The zero-order chi connectivity index (χ0) is 13.2. The van der Waals surface area contributed by atoms with Gasteiger partial charge in [0.05, 0.1) is 16.4 Å². The second-order valence-corrected chi connectivity index (χ2v) is 4.53. The van der Waals surface area contributed by atoms with Crippen molar-refractivity contribution in [3.8, 4) is 0 Å². The summed E-state index contributed by atoms with van der Waals surface area (Å²) in [7, 11) is 0. The zero-order valence-electron chi connectivity index (χ0n) is 9.63. The van der Waals surface area contributed by atoms with Crippen molar-refractivity contribution in [2.75, 3.05) is 11.1 Å². The molecule has 6 heteroatoms. The highest BCUT2D eigenvalue weighted by Crippen LogP contribution is 2.27. The number of anilines is 2. The Kier molecular flexibility index (Phi) is 4.17. The highest BCUT2D eigenvalue weighted by atomic mass is 35.5. The summed E-state index contributed by atoms with van der Waals surface area (Å²) in [4.78, 5) is 11.2. The predicted octanol–water partition coefficient (Wildman–Crippen LogP) is 1.98. The number of hydrogen-bond acceptors (Lipinski definition) is 3. The van der Waals surface area contributed by atoms with Crippen molar-refractivity contribution in [2.24, 2.45) is 11.7 Å². The van der Waals surface area contributed by atoms with Crippen LogP contribution in [0.4, 0.5) is 15.8 Å². The molecule has 1 unspecified atom stereocenters. The molecule has 0 aliphatic carbocycles. The van der Waals surface area contributed by atoms with Gasteiger partial charge in [-0.25, -0.2) is 4.39 Å². The van der Waals surface area contributed by atoms with E-state index in [2.05, 4.69) is 5.32 Å². The fourth-order valence-corrected chi connectivity index (χ4v) is 1.58. The van der Waals surface area contributed by atoms with Crippen LogP contribution in [-0.4, -0.2) is 11.9 Å². The number of primary amides is 1. The standard InChI is InChI=1S/C11H15ClFN3O/c1-5(2)10(11(15)17)16-9-3-6(12)7(13)4-8(9)14/h3-5,10,16H,14H2,1-2H3,(H2,15,17). The monoisotopic (exact) mass is 259 g/mol. The highest BCUT2D eigenvalue weighted by molar-refractivity contribution is 6.31. The zero-order valence-corrected chi connectivity index (χ0v) is 10.4. The molecule has 0 saturated carbocycles. The Morgan fingerprint density at radius 2 is 2.06 bits per heavy atom. The second kappa shape index (κ2) is 5.23. The normalized spacial score (nSPS) is 12.5. The van der Waals surface area contributed by atoms with Gasteiger partial charge in [0.1, 0.15) is 11.9 Å². The maximum Gasteiger partial charge on any atom is 0.240 e. The lowest BCUT2D eigenvalue weighted by atomic mass is 10.0. The van der Waals surface area contributed by atoms with Gasteiger partial charge in [0.15, 0.2) is 0 Å². The largest absolute Gasteiger partial charge is 0.397 e. The van der Waals surface area contributed by atoms with Crippen LogP contribution < -0.4 is 16.8 Å². The van der Waals surface area contributed by atoms with Crippen molar-refractivity contribution in [1.29, 1.82) is 0 Å². The molecule has 1 aromatic rings. The summed E-state index contributed by atoms with van der Waals surface area (Å²) < 4.78 is 13.1. The Bertz CT molecular complexity index is 437. The average molecular weight is 260 g/mol. The molecule has 0 radical (unpaired) electrons. The minimum atomic E-state index is -0.602. The molecule has 1 aromatic carbocycles. The predicted molar refractivity (Wildman–Crippen MR) is 67.3 cm³/mol. The van der Waals surface area contributed by atoms with E-state index in [4.69, 9.17) is 23.1 Å². The summed E-state index contributed by atoms with van der Waals surface area (Å²) >= 11 is 5.64. The summed E-state index contributed by atoms with van der Waals surface area (Å²) in [5, 5.41) is 2.80. The minimum Gasteiger partial charge on any atom is -0.397 e. The molecule has 0 aromatic heterocycles. The smallest absolute Gasteiger partial charge is 0.240 e. The molecule has 0 saturated heterocycles. The van der Waals surface area contributed by atoms with Gasteiger partial charge >= 0.3 is 0 Å². The average Bonchev–Trinajstić information content (AvgIpc) is 2.20. The third-order valence-electron chi connectivity index (χ3n) is 2.38. The van der Waals surface area contributed by atoms with Crippen molar-refractivity contribution < 1.29 is 9.18 Å². The number of hydrogen-bond donors (Lipinski definition) is 3. The molecule has 0 bridgehead atoms. The lowest BCUT2D eigenvalue weighted by molar-refractivity contribution is -0.119. The van der Waals surface area contributed by atoms with E-state index in [1.807, 2.05) is 13.8 Å². The Hall–Kier alpha value is -1.49. The number of amides is 1. The minimum absolute atomic E-state index is 0.0178. The van der Waals surface area contributed by atoms with Gasteiger partial charge in [-0.05, 0) is 12.0 Å². The molecule has 5 N–H and O–H groups in total. The van der Waals surface area contributed by atoms with E-state index in [0.717, 1.165) is 6.07 Å².